The Kier molecular flexibility index (Phi) is 2.76. The first-order valence-electron chi connectivity index (χ1n) is 5.35. The van der Waals surface area contributed by atoms with Crippen LogP contribution in [0.2, 0.25) is 0 Å². The van der Waals surface area contributed by atoms with E-state index < -0.39 is 9.84 Å². The minimum atomic E-state index is -3.15. The van der Waals surface area contributed by atoms with Crippen molar-refractivity contribution in [2.24, 2.45) is 0 Å². The van der Waals surface area contributed by atoms with Crippen LogP contribution in [0, 0.1) is 6.92 Å². The zero-order valence-electron chi connectivity index (χ0n) is 9.45. The van der Waals surface area contributed by atoms with Gasteiger partial charge in [0.1, 0.15) is 0 Å². The summed E-state index contributed by atoms with van der Waals surface area (Å²) >= 11 is 0. The standard InChI is InChI=1S/C12H15NO2S/c1-3-7-16(14,15)11-6-4-5-10-9(2)8-13-12(10)11/h4-6,8,13H,3,7H2,1-2H3. The SMILES string of the molecule is CCCS(=O)(=O)c1cccc2c(C)c[nH]c12. The largest absolute Gasteiger partial charge is 0.360 e. The van der Waals surface area contributed by atoms with Crippen molar-refractivity contribution in [1.82, 2.24) is 4.98 Å². The highest BCUT2D eigenvalue weighted by Crippen LogP contribution is 2.25. The van der Waals surface area contributed by atoms with Crippen LogP contribution in [-0.2, 0) is 9.84 Å². The molecule has 0 bridgehead atoms. The van der Waals surface area contributed by atoms with Crippen molar-refractivity contribution in [3.05, 3.63) is 30.0 Å². The maximum Gasteiger partial charge on any atom is 0.180 e. The van der Waals surface area contributed by atoms with E-state index in [0.29, 0.717) is 11.3 Å². The summed E-state index contributed by atoms with van der Waals surface area (Å²) in [6, 6.07) is 5.40. The molecule has 1 N–H and O–H groups in total. The second-order valence-corrected chi connectivity index (χ2v) is 6.05. The number of benzene rings is 1. The van der Waals surface area contributed by atoms with E-state index in [-0.39, 0.29) is 5.75 Å². The van der Waals surface area contributed by atoms with Gasteiger partial charge in [0.05, 0.1) is 16.2 Å². The van der Waals surface area contributed by atoms with Crippen LogP contribution in [0.3, 0.4) is 0 Å². The fourth-order valence-corrected chi connectivity index (χ4v) is 3.43. The number of aromatic nitrogens is 1. The fraction of sp³-hybridized carbons (Fsp3) is 0.333. The first-order valence-corrected chi connectivity index (χ1v) is 7.01. The van der Waals surface area contributed by atoms with Gasteiger partial charge >= 0.3 is 0 Å². The van der Waals surface area contributed by atoms with Gasteiger partial charge in [0.25, 0.3) is 0 Å². The second kappa shape index (κ2) is 3.94. The summed E-state index contributed by atoms with van der Waals surface area (Å²) < 4.78 is 24.1. The third-order valence-electron chi connectivity index (χ3n) is 2.69. The van der Waals surface area contributed by atoms with Crippen molar-refractivity contribution in [1.29, 1.82) is 0 Å². The molecule has 0 aliphatic rings. The van der Waals surface area contributed by atoms with E-state index in [1.807, 2.05) is 26.1 Å². The number of rotatable bonds is 3. The molecular formula is C12H15NO2S. The van der Waals surface area contributed by atoms with E-state index >= 15 is 0 Å². The number of para-hydroxylation sites is 1. The average Bonchev–Trinajstić information content (AvgIpc) is 2.60. The first-order chi connectivity index (χ1) is 7.56. The van der Waals surface area contributed by atoms with Gasteiger partial charge in [-0.05, 0) is 25.0 Å². The van der Waals surface area contributed by atoms with Gasteiger partial charge in [0.15, 0.2) is 9.84 Å². The molecule has 3 nitrogen and oxygen atoms in total. The molecule has 1 aromatic heterocycles. The minimum absolute atomic E-state index is 0.199. The molecule has 0 aliphatic heterocycles. The van der Waals surface area contributed by atoms with Gasteiger partial charge in [-0.1, -0.05) is 19.1 Å². The predicted octanol–water partition coefficient (Wildman–Crippen LogP) is 2.66. The van der Waals surface area contributed by atoms with Crippen molar-refractivity contribution < 1.29 is 8.42 Å². The van der Waals surface area contributed by atoms with E-state index in [1.54, 1.807) is 12.1 Å². The zero-order valence-corrected chi connectivity index (χ0v) is 10.3. The maximum absolute atomic E-state index is 12.0. The Balaban J connectivity index is 2.70. The Morgan fingerprint density at radius 1 is 1.31 bits per heavy atom. The smallest absolute Gasteiger partial charge is 0.180 e. The average molecular weight is 237 g/mol. The summed E-state index contributed by atoms with van der Waals surface area (Å²) in [5, 5.41) is 0.983. The van der Waals surface area contributed by atoms with Gasteiger partial charge in [-0.3, -0.25) is 0 Å². The molecule has 0 spiro atoms. The molecule has 4 heteroatoms. The lowest BCUT2D eigenvalue weighted by atomic mass is 10.2. The van der Waals surface area contributed by atoms with Gasteiger partial charge in [0.2, 0.25) is 0 Å². The van der Waals surface area contributed by atoms with Crippen LogP contribution in [0.5, 0.6) is 0 Å². The predicted molar refractivity (Wildman–Crippen MR) is 65.4 cm³/mol. The number of H-pyrrole nitrogens is 1. The highest BCUT2D eigenvalue weighted by Gasteiger charge is 2.17. The lowest BCUT2D eigenvalue weighted by Gasteiger charge is -2.04. The van der Waals surface area contributed by atoms with Crippen LogP contribution in [-0.4, -0.2) is 19.2 Å². The van der Waals surface area contributed by atoms with E-state index in [2.05, 4.69) is 4.98 Å². The van der Waals surface area contributed by atoms with E-state index in [0.717, 1.165) is 16.5 Å². The zero-order chi connectivity index (χ0) is 11.8. The third kappa shape index (κ3) is 1.73. The molecular weight excluding hydrogens is 222 g/mol. The molecule has 0 saturated carbocycles. The lowest BCUT2D eigenvalue weighted by Crippen LogP contribution is -2.06. The Labute approximate surface area is 95.4 Å². The van der Waals surface area contributed by atoms with Gasteiger partial charge < -0.3 is 4.98 Å². The van der Waals surface area contributed by atoms with Crippen molar-refractivity contribution >= 4 is 20.7 Å². The van der Waals surface area contributed by atoms with Crippen LogP contribution in [0.1, 0.15) is 18.9 Å². The van der Waals surface area contributed by atoms with Crippen LogP contribution in [0.15, 0.2) is 29.3 Å². The second-order valence-electron chi connectivity index (χ2n) is 3.97. The number of hydrogen-bond donors (Lipinski definition) is 1. The highest BCUT2D eigenvalue weighted by molar-refractivity contribution is 7.91. The molecule has 86 valence electrons. The molecule has 0 aliphatic carbocycles. The van der Waals surface area contributed by atoms with E-state index in [4.69, 9.17) is 0 Å². The van der Waals surface area contributed by atoms with Gasteiger partial charge in [-0.2, -0.15) is 0 Å². The summed E-state index contributed by atoms with van der Waals surface area (Å²) in [5.74, 6) is 0.199. The number of hydrogen-bond acceptors (Lipinski definition) is 2. The highest BCUT2D eigenvalue weighted by atomic mass is 32.2. The summed E-state index contributed by atoms with van der Waals surface area (Å²) in [4.78, 5) is 3.46. The van der Waals surface area contributed by atoms with E-state index in [9.17, 15) is 8.42 Å². The number of aryl methyl sites for hydroxylation is 1. The van der Waals surface area contributed by atoms with Crippen molar-refractivity contribution in [3.8, 4) is 0 Å². The Morgan fingerprint density at radius 3 is 2.75 bits per heavy atom. The summed E-state index contributed by atoms with van der Waals surface area (Å²) in [5.41, 5.74) is 1.80. The summed E-state index contributed by atoms with van der Waals surface area (Å²) in [7, 11) is -3.15. The molecule has 2 rings (SSSR count). The van der Waals surface area contributed by atoms with Gasteiger partial charge in [-0.15, -0.1) is 0 Å². The first kappa shape index (κ1) is 11.2. The number of nitrogens with one attached hydrogen (secondary N) is 1. The van der Waals surface area contributed by atoms with Crippen LogP contribution in [0.4, 0.5) is 0 Å². The lowest BCUT2D eigenvalue weighted by molar-refractivity contribution is 0.595. The molecule has 0 saturated heterocycles. The number of fused-ring (bicyclic) bond motifs is 1. The van der Waals surface area contributed by atoms with E-state index in [1.165, 1.54) is 0 Å². The molecule has 0 amide bonds. The molecule has 1 heterocycles. The van der Waals surface area contributed by atoms with Crippen LogP contribution >= 0.6 is 0 Å². The number of sulfone groups is 1. The third-order valence-corrected chi connectivity index (χ3v) is 4.65. The van der Waals surface area contributed by atoms with Gasteiger partial charge in [-0.25, -0.2) is 8.42 Å². The molecule has 1 aromatic carbocycles. The molecule has 16 heavy (non-hydrogen) atoms. The molecule has 0 atom stereocenters. The van der Waals surface area contributed by atoms with Crippen molar-refractivity contribution in [2.75, 3.05) is 5.75 Å². The fourth-order valence-electron chi connectivity index (χ4n) is 1.90. The Hall–Kier alpha value is -1.29. The molecule has 0 fully saturated rings. The van der Waals surface area contributed by atoms with Crippen molar-refractivity contribution in [3.63, 3.8) is 0 Å². The Morgan fingerprint density at radius 2 is 2.06 bits per heavy atom. The normalized spacial score (nSPS) is 12.1. The molecule has 2 aromatic rings. The minimum Gasteiger partial charge on any atom is -0.360 e. The number of aromatic amines is 1. The maximum atomic E-state index is 12.0. The molecule has 0 unspecified atom stereocenters. The summed E-state index contributed by atoms with van der Waals surface area (Å²) in [6.07, 6.45) is 2.48. The van der Waals surface area contributed by atoms with Crippen LogP contribution < -0.4 is 0 Å². The van der Waals surface area contributed by atoms with Gasteiger partial charge in [0, 0.05) is 11.6 Å². The van der Waals surface area contributed by atoms with Crippen molar-refractivity contribution in [2.45, 2.75) is 25.2 Å². The monoisotopic (exact) mass is 237 g/mol. The summed E-state index contributed by atoms with van der Waals surface area (Å²) in [6.45, 7) is 3.84. The van der Waals surface area contributed by atoms with Crippen LogP contribution in [0.25, 0.3) is 10.9 Å². The quantitative estimate of drug-likeness (QED) is 0.892. The Bertz CT molecular complexity index is 611. The topological polar surface area (TPSA) is 49.9 Å². The molecule has 0 radical (unpaired) electrons.